The first-order valence-electron chi connectivity index (χ1n) is 8.81. The van der Waals surface area contributed by atoms with Gasteiger partial charge in [-0.05, 0) is 44.6 Å². The molecule has 1 aliphatic carbocycles. The quantitative estimate of drug-likeness (QED) is 0.818. The second-order valence-corrected chi connectivity index (χ2v) is 10.3. The van der Waals surface area contributed by atoms with Crippen molar-refractivity contribution in [1.82, 2.24) is 14.3 Å². The average Bonchev–Trinajstić information content (AvgIpc) is 3.13. The van der Waals surface area contributed by atoms with E-state index in [1.807, 2.05) is 18.3 Å². The Labute approximate surface area is 152 Å². The zero-order valence-corrected chi connectivity index (χ0v) is 16.6. The van der Waals surface area contributed by atoms with Crippen LogP contribution in [0.5, 0.6) is 0 Å². The van der Waals surface area contributed by atoms with Crippen molar-refractivity contribution < 1.29 is 8.42 Å². The number of fused-ring (bicyclic) bond motifs is 3. The van der Waals surface area contributed by atoms with Crippen LogP contribution in [0.25, 0.3) is 10.2 Å². The number of rotatable bonds is 3. The van der Waals surface area contributed by atoms with E-state index >= 15 is 0 Å². The topological polar surface area (TPSA) is 66.4 Å². The third-order valence-electron chi connectivity index (χ3n) is 5.46. The monoisotopic (exact) mass is 380 g/mol. The Hall–Kier alpha value is -1.25. The third-order valence-corrected chi connectivity index (χ3v) is 7.99. The largest absolute Gasteiger partial charge is 0.356 e. The molecule has 2 aromatic heterocycles. The Morgan fingerprint density at radius 3 is 2.60 bits per heavy atom. The number of anilines is 1. The summed E-state index contributed by atoms with van der Waals surface area (Å²) in [5.41, 5.74) is 1.45. The predicted molar refractivity (Wildman–Crippen MR) is 102 cm³/mol. The Morgan fingerprint density at radius 2 is 1.92 bits per heavy atom. The molecule has 0 N–H and O–H groups in total. The minimum Gasteiger partial charge on any atom is -0.356 e. The maximum atomic E-state index is 11.8. The van der Waals surface area contributed by atoms with Crippen LogP contribution < -0.4 is 4.90 Å². The molecule has 4 rings (SSSR count). The van der Waals surface area contributed by atoms with Gasteiger partial charge in [0.1, 0.15) is 16.5 Å². The summed E-state index contributed by atoms with van der Waals surface area (Å²) in [5.74, 6) is 1.88. The van der Waals surface area contributed by atoms with Crippen LogP contribution in [0.3, 0.4) is 0 Å². The highest BCUT2D eigenvalue weighted by molar-refractivity contribution is 7.88. The molecule has 1 fully saturated rings. The molecule has 25 heavy (non-hydrogen) atoms. The fourth-order valence-electron chi connectivity index (χ4n) is 4.02. The molecule has 1 aliphatic heterocycles. The SMILES string of the molecule is Cc1nc(N2CCC(N(C)S(C)(=O)=O)CC2)c2c3c(sc2n1)CCC3. The van der Waals surface area contributed by atoms with E-state index in [-0.39, 0.29) is 6.04 Å². The Morgan fingerprint density at radius 1 is 1.20 bits per heavy atom. The maximum Gasteiger partial charge on any atom is 0.211 e. The van der Waals surface area contributed by atoms with Gasteiger partial charge in [-0.25, -0.2) is 22.7 Å². The summed E-state index contributed by atoms with van der Waals surface area (Å²) in [5, 5.41) is 1.25. The van der Waals surface area contributed by atoms with Gasteiger partial charge in [0.15, 0.2) is 0 Å². The molecule has 0 amide bonds. The highest BCUT2D eigenvalue weighted by Crippen LogP contribution is 2.41. The lowest BCUT2D eigenvalue weighted by Gasteiger charge is -2.36. The van der Waals surface area contributed by atoms with Gasteiger partial charge < -0.3 is 4.90 Å². The number of aromatic nitrogens is 2. The average molecular weight is 381 g/mol. The number of hydrogen-bond acceptors (Lipinski definition) is 6. The molecule has 1 saturated heterocycles. The van der Waals surface area contributed by atoms with Crippen molar-refractivity contribution >= 4 is 37.4 Å². The molecular weight excluding hydrogens is 356 g/mol. The molecule has 0 atom stereocenters. The van der Waals surface area contributed by atoms with Crippen LogP contribution in [-0.4, -0.2) is 55.1 Å². The molecule has 2 aliphatic rings. The van der Waals surface area contributed by atoms with Crippen molar-refractivity contribution in [2.75, 3.05) is 31.3 Å². The molecule has 2 aromatic rings. The molecule has 0 unspecified atom stereocenters. The molecule has 8 heteroatoms. The smallest absolute Gasteiger partial charge is 0.211 e. The van der Waals surface area contributed by atoms with Crippen LogP contribution in [-0.2, 0) is 22.9 Å². The molecule has 3 heterocycles. The van der Waals surface area contributed by atoms with E-state index in [0.29, 0.717) is 0 Å². The van der Waals surface area contributed by atoms with Crippen molar-refractivity contribution in [1.29, 1.82) is 0 Å². The number of piperidine rings is 1. The molecule has 0 saturated carbocycles. The molecule has 6 nitrogen and oxygen atoms in total. The zero-order valence-electron chi connectivity index (χ0n) is 14.9. The van der Waals surface area contributed by atoms with E-state index in [0.717, 1.165) is 55.2 Å². The first-order valence-corrected chi connectivity index (χ1v) is 11.5. The van der Waals surface area contributed by atoms with Crippen LogP contribution in [0.4, 0.5) is 5.82 Å². The van der Waals surface area contributed by atoms with Crippen LogP contribution >= 0.6 is 11.3 Å². The van der Waals surface area contributed by atoms with E-state index in [1.54, 1.807) is 7.05 Å². The summed E-state index contributed by atoms with van der Waals surface area (Å²) in [6.07, 6.45) is 6.47. The molecule has 136 valence electrons. The lowest BCUT2D eigenvalue weighted by atomic mass is 10.0. The number of thiophene rings is 1. The van der Waals surface area contributed by atoms with Crippen LogP contribution in [0.15, 0.2) is 0 Å². The zero-order chi connectivity index (χ0) is 17.8. The van der Waals surface area contributed by atoms with Crippen LogP contribution in [0.1, 0.15) is 35.5 Å². The maximum absolute atomic E-state index is 11.8. The van der Waals surface area contributed by atoms with Crippen molar-refractivity contribution in [2.24, 2.45) is 0 Å². The van der Waals surface area contributed by atoms with Gasteiger partial charge in [0.05, 0.1) is 11.6 Å². The van der Waals surface area contributed by atoms with Crippen molar-refractivity contribution in [3.8, 4) is 0 Å². The van der Waals surface area contributed by atoms with Gasteiger partial charge in [-0.3, -0.25) is 0 Å². The van der Waals surface area contributed by atoms with Crippen molar-refractivity contribution in [3.63, 3.8) is 0 Å². The first kappa shape index (κ1) is 17.2. The number of nitrogens with zero attached hydrogens (tertiary/aromatic N) is 4. The van der Waals surface area contributed by atoms with Crippen LogP contribution in [0.2, 0.25) is 0 Å². The van der Waals surface area contributed by atoms with Gasteiger partial charge in [0.25, 0.3) is 0 Å². The summed E-state index contributed by atoms with van der Waals surface area (Å²) < 4.78 is 25.1. The summed E-state index contributed by atoms with van der Waals surface area (Å²) in [6, 6.07) is 0.0814. The second-order valence-electron chi connectivity index (χ2n) is 7.13. The standard InChI is InChI=1S/C17H24N4O2S2/c1-11-18-16(15-13-5-4-6-14(13)24-17(15)19-11)21-9-7-12(8-10-21)20(2)25(3,22)23/h12H,4-10H2,1-3H3. The van der Waals surface area contributed by atoms with Crippen molar-refractivity contribution in [3.05, 3.63) is 16.3 Å². The Kier molecular flexibility index (Phi) is 4.24. The highest BCUT2D eigenvalue weighted by Gasteiger charge is 2.30. The molecule has 0 aromatic carbocycles. The molecular formula is C17H24N4O2S2. The predicted octanol–water partition coefficient (Wildman–Crippen LogP) is 2.35. The van der Waals surface area contributed by atoms with Crippen molar-refractivity contribution in [2.45, 2.75) is 45.1 Å². The number of hydrogen-bond donors (Lipinski definition) is 0. The van der Waals surface area contributed by atoms with E-state index in [2.05, 4.69) is 9.88 Å². The van der Waals surface area contributed by atoms with E-state index in [9.17, 15) is 8.42 Å². The van der Waals surface area contributed by atoms with Gasteiger partial charge in [0.2, 0.25) is 10.0 Å². The van der Waals surface area contributed by atoms with E-state index in [1.165, 1.54) is 32.8 Å². The highest BCUT2D eigenvalue weighted by atomic mass is 32.2. The lowest BCUT2D eigenvalue weighted by molar-refractivity contribution is 0.313. The van der Waals surface area contributed by atoms with E-state index < -0.39 is 10.0 Å². The first-order chi connectivity index (χ1) is 11.8. The lowest BCUT2D eigenvalue weighted by Crippen LogP contribution is -2.45. The fourth-order valence-corrected chi connectivity index (χ4v) is 6.08. The summed E-state index contributed by atoms with van der Waals surface area (Å²) in [7, 11) is -1.45. The van der Waals surface area contributed by atoms with Gasteiger partial charge in [-0.15, -0.1) is 11.3 Å². The second kappa shape index (κ2) is 6.17. The van der Waals surface area contributed by atoms with Gasteiger partial charge >= 0.3 is 0 Å². The summed E-state index contributed by atoms with van der Waals surface area (Å²) >= 11 is 1.82. The number of aryl methyl sites for hydroxylation is 3. The minimum absolute atomic E-state index is 0.0814. The molecule has 0 radical (unpaired) electrons. The number of sulfonamides is 1. The summed E-state index contributed by atoms with van der Waals surface area (Å²) in [6.45, 7) is 3.62. The summed E-state index contributed by atoms with van der Waals surface area (Å²) in [4.78, 5) is 14.4. The van der Waals surface area contributed by atoms with E-state index in [4.69, 9.17) is 4.98 Å². The third kappa shape index (κ3) is 3.04. The molecule has 0 spiro atoms. The normalized spacial score (nSPS) is 19.1. The Bertz CT molecular complexity index is 914. The van der Waals surface area contributed by atoms with Gasteiger partial charge in [-0.2, -0.15) is 0 Å². The minimum atomic E-state index is -3.13. The van der Waals surface area contributed by atoms with Gasteiger partial charge in [0, 0.05) is 31.1 Å². The fraction of sp³-hybridized carbons (Fsp3) is 0.647. The van der Waals surface area contributed by atoms with Gasteiger partial charge in [-0.1, -0.05) is 0 Å². The Balaban J connectivity index is 1.63. The van der Waals surface area contributed by atoms with Crippen LogP contribution in [0, 0.1) is 6.92 Å². The molecule has 0 bridgehead atoms.